The van der Waals surface area contributed by atoms with Gasteiger partial charge in [-0.05, 0) is 68.4 Å². The minimum atomic E-state index is -3.81. The Morgan fingerprint density at radius 1 is 1.11 bits per heavy atom. The summed E-state index contributed by atoms with van der Waals surface area (Å²) in [6.45, 7) is 1.57. The van der Waals surface area contributed by atoms with E-state index in [1.807, 2.05) is 0 Å². The fourth-order valence-electron chi connectivity index (χ4n) is 4.84. The van der Waals surface area contributed by atoms with Crippen LogP contribution in [0.2, 0.25) is 0 Å². The first-order valence-corrected chi connectivity index (χ1v) is 14.0. The number of alkyl halides is 2. The number of amides is 1. The van der Waals surface area contributed by atoms with Crippen LogP contribution in [-0.4, -0.2) is 68.4 Å². The second-order valence-electron chi connectivity index (χ2n) is 10.4. The third-order valence-corrected chi connectivity index (χ3v) is 9.28. The summed E-state index contributed by atoms with van der Waals surface area (Å²) in [4.78, 5) is 21.2. The van der Waals surface area contributed by atoms with Crippen molar-refractivity contribution >= 4 is 38.9 Å². The van der Waals surface area contributed by atoms with E-state index in [4.69, 9.17) is 0 Å². The highest BCUT2D eigenvalue weighted by Gasteiger charge is 2.45. The van der Waals surface area contributed by atoms with Gasteiger partial charge < -0.3 is 20.2 Å². The van der Waals surface area contributed by atoms with E-state index < -0.39 is 46.8 Å². The molecule has 2 aromatic rings. The molecule has 5 rings (SSSR count). The first kappa shape index (κ1) is 25.7. The van der Waals surface area contributed by atoms with Crippen molar-refractivity contribution in [1.29, 1.82) is 0 Å². The monoisotopic (exact) mass is 535 g/mol. The Hall–Kier alpha value is -2.99. The lowest BCUT2D eigenvalue weighted by Gasteiger charge is -2.39. The smallest absolute Gasteiger partial charge is 0.282 e. The summed E-state index contributed by atoms with van der Waals surface area (Å²) in [6.07, 6.45) is 4.46. The van der Waals surface area contributed by atoms with Crippen LogP contribution in [0.1, 0.15) is 43.0 Å². The van der Waals surface area contributed by atoms with Crippen molar-refractivity contribution in [3.05, 3.63) is 42.0 Å². The van der Waals surface area contributed by atoms with Crippen LogP contribution in [0.5, 0.6) is 0 Å². The molecule has 12 heteroatoms. The molecule has 0 radical (unpaired) electrons. The lowest BCUT2D eigenvalue weighted by molar-refractivity contribution is -0.0267. The van der Waals surface area contributed by atoms with E-state index in [0.29, 0.717) is 28.2 Å². The number of anilines is 4. The van der Waals surface area contributed by atoms with Crippen molar-refractivity contribution in [3.8, 4) is 0 Å². The average Bonchev–Trinajstić information content (AvgIpc) is 3.60. The van der Waals surface area contributed by atoms with Crippen molar-refractivity contribution in [2.75, 3.05) is 52.6 Å². The first-order chi connectivity index (χ1) is 17.5. The first-order valence-electron chi connectivity index (χ1n) is 12.4. The molecule has 1 atom stereocenters. The third kappa shape index (κ3) is 5.49. The number of benzene rings is 1. The summed E-state index contributed by atoms with van der Waals surface area (Å²) in [5.41, 5.74) is 1.67. The van der Waals surface area contributed by atoms with Crippen LogP contribution in [-0.2, 0) is 10.0 Å². The molecule has 1 amide bonds. The van der Waals surface area contributed by atoms with Crippen molar-refractivity contribution in [3.63, 3.8) is 0 Å². The number of aliphatic hydroxyl groups is 1. The zero-order valence-electron chi connectivity index (χ0n) is 20.6. The van der Waals surface area contributed by atoms with Gasteiger partial charge in [-0.2, -0.15) is 0 Å². The van der Waals surface area contributed by atoms with Gasteiger partial charge in [0, 0.05) is 13.1 Å². The molecule has 3 N–H and O–H groups in total. The Kier molecular flexibility index (Phi) is 6.51. The molecule has 0 bridgehead atoms. The Bertz CT molecular complexity index is 1280. The summed E-state index contributed by atoms with van der Waals surface area (Å²) < 4.78 is 54.1. The van der Waals surface area contributed by atoms with Gasteiger partial charge in [-0.15, -0.1) is 0 Å². The molecule has 9 nitrogen and oxygen atoms in total. The molecule has 1 aliphatic carbocycles. The molecular formula is C25H31F2N5O4S. The molecule has 3 fully saturated rings. The Morgan fingerprint density at radius 2 is 1.81 bits per heavy atom. The van der Waals surface area contributed by atoms with Crippen LogP contribution >= 0.6 is 0 Å². The van der Waals surface area contributed by atoms with Crippen LogP contribution in [0.15, 0.2) is 36.4 Å². The summed E-state index contributed by atoms with van der Waals surface area (Å²) in [7, 11) is -3.81. The van der Waals surface area contributed by atoms with Gasteiger partial charge in [0.1, 0.15) is 16.9 Å². The predicted octanol–water partition coefficient (Wildman–Crippen LogP) is 3.29. The average molecular weight is 536 g/mol. The number of nitrogens with zero attached hydrogens (tertiary/aromatic N) is 3. The third-order valence-electron chi connectivity index (χ3n) is 7.56. The highest BCUT2D eigenvalue weighted by molar-refractivity contribution is 7.93. The minimum absolute atomic E-state index is 0.237. The molecule has 200 valence electrons. The molecule has 2 aliphatic heterocycles. The minimum Gasteiger partial charge on any atom is -0.395 e. The fraction of sp³-hybridized carbons (Fsp3) is 0.520. The number of carbonyl (C=O) groups excluding carboxylic acids is 1. The summed E-state index contributed by atoms with van der Waals surface area (Å²) in [5.74, 6) is -2.57. The van der Waals surface area contributed by atoms with Crippen LogP contribution in [0.3, 0.4) is 0 Å². The summed E-state index contributed by atoms with van der Waals surface area (Å²) in [6, 6.07) is 9.58. The fourth-order valence-corrected chi connectivity index (χ4v) is 5.69. The van der Waals surface area contributed by atoms with E-state index in [0.717, 1.165) is 25.9 Å². The van der Waals surface area contributed by atoms with E-state index in [9.17, 15) is 27.1 Å². The number of hydrogen-bond acceptors (Lipinski definition) is 7. The van der Waals surface area contributed by atoms with Gasteiger partial charge in [-0.25, -0.2) is 22.2 Å². The maximum atomic E-state index is 13.4. The highest BCUT2D eigenvalue weighted by atomic mass is 32.2. The molecule has 3 aliphatic rings. The van der Waals surface area contributed by atoms with E-state index in [2.05, 4.69) is 19.9 Å². The number of aromatic nitrogens is 1. The number of halogens is 2. The van der Waals surface area contributed by atoms with Crippen molar-refractivity contribution in [1.82, 2.24) is 4.98 Å². The lowest BCUT2D eigenvalue weighted by atomic mass is 9.93. The number of aliphatic hydroxyl groups excluding tert-OH is 1. The van der Waals surface area contributed by atoms with Gasteiger partial charge in [0.15, 0.2) is 0 Å². The number of pyridine rings is 1. The number of sulfonamides is 1. The summed E-state index contributed by atoms with van der Waals surface area (Å²) in [5, 5.41) is 11.1. The predicted molar refractivity (Wildman–Crippen MR) is 138 cm³/mol. The summed E-state index contributed by atoms with van der Waals surface area (Å²) >= 11 is 0. The van der Waals surface area contributed by atoms with E-state index in [1.165, 1.54) is 30.7 Å². The molecule has 1 aromatic carbocycles. The Labute approximate surface area is 214 Å². The molecule has 37 heavy (non-hydrogen) atoms. The maximum Gasteiger partial charge on any atom is 0.282 e. The topological polar surface area (TPSA) is 115 Å². The number of piperidine rings is 1. The van der Waals surface area contributed by atoms with Gasteiger partial charge in [0.05, 0.1) is 36.6 Å². The second kappa shape index (κ2) is 9.39. The van der Waals surface area contributed by atoms with Gasteiger partial charge in [-0.1, -0.05) is 6.07 Å². The number of hydrogen-bond donors (Lipinski definition) is 3. The molecular weight excluding hydrogens is 504 g/mol. The van der Waals surface area contributed by atoms with Gasteiger partial charge in [0.25, 0.3) is 11.8 Å². The second-order valence-corrected chi connectivity index (χ2v) is 12.5. The van der Waals surface area contributed by atoms with Crippen molar-refractivity contribution in [2.45, 2.75) is 43.8 Å². The lowest BCUT2D eigenvalue weighted by Crippen LogP contribution is -2.56. The van der Waals surface area contributed by atoms with E-state index in [1.54, 1.807) is 30.3 Å². The zero-order chi connectivity index (χ0) is 26.4. The standard InChI is InChI=1S/C25H31F2N5O4S/c1-17(14-33)37(35,36)30-18-5-6-19(20(13-18)31-11-9-24(7-8-24)10-12-31)23(34)29-21-3-2-4-22(28-21)32-15-25(26,27)16-32/h2-6,13,17,30,33H,7-12,14-16H2,1H3,(H,28,29,34). The molecule has 3 heterocycles. The Morgan fingerprint density at radius 3 is 2.43 bits per heavy atom. The molecule has 1 unspecified atom stereocenters. The molecule has 2 saturated heterocycles. The number of nitrogens with one attached hydrogen (secondary N) is 2. The zero-order valence-corrected chi connectivity index (χ0v) is 21.4. The van der Waals surface area contributed by atoms with Gasteiger partial charge >= 0.3 is 0 Å². The van der Waals surface area contributed by atoms with E-state index in [-0.39, 0.29) is 5.82 Å². The van der Waals surface area contributed by atoms with Gasteiger partial charge in [0.2, 0.25) is 10.0 Å². The van der Waals surface area contributed by atoms with Gasteiger partial charge in [-0.3, -0.25) is 9.52 Å². The Balaban J connectivity index is 1.38. The number of rotatable bonds is 8. The molecule has 1 spiro atoms. The normalized spacial score (nSPS) is 20.8. The van der Waals surface area contributed by atoms with Crippen LogP contribution in [0, 0.1) is 5.41 Å². The van der Waals surface area contributed by atoms with Crippen molar-refractivity contribution in [2.24, 2.45) is 5.41 Å². The maximum absolute atomic E-state index is 13.4. The van der Waals surface area contributed by atoms with Crippen molar-refractivity contribution < 1.29 is 27.1 Å². The highest BCUT2D eigenvalue weighted by Crippen LogP contribution is 2.54. The molecule has 1 aromatic heterocycles. The van der Waals surface area contributed by atoms with E-state index >= 15 is 0 Å². The SMILES string of the molecule is CC(CO)S(=O)(=O)Nc1ccc(C(=O)Nc2cccc(N3CC(F)(F)C3)n2)c(N2CCC3(CC2)CC3)c1. The van der Waals surface area contributed by atoms with Crippen LogP contribution in [0.4, 0.5) is 31.8 Å². The molecule has 1 saturated carbocycles. The quantitative estimate of drug-likeness (QED) is 0.475. The van der Waals surface area contributed by atoms with Crippen LogP contribution in [0.25, 0.3) is 0 Å². The largest absolute Gasteiger partial charge is 0.395 e. The van der Waals surface area contributed by atoms with Crippen LogP contribution < -0.4 is 19.8 Å². The number of carbonyl (C=O) groups is 1.